The lowest BCUT2D eigenvalue weighted by molar-refractivity contribution is 0.0948. The van der Waals surface area contributed by atoms with Crippen LogP contribution in [0.4, 0.5) is 0 Å². The van der Waals surface area contributed by atoms with Crippen molar-refractivity contribution in [1.82, 2.24) is 10.6 Å². The zero-order valence-electron chi connectivity index (χ0n) is 11.5. The van der Waals surface area contributed by atoms with Gasteiger partial charge < -0.3 is 10.6 Å². The number of hydrogen-bond donors (Lipinski definition) is 2. The van der Waals surface area contributed by atoms with Crippen molar-refractivity contribution in [1.29, 1.82) is 0 Å². The van der Waals surface area contributed by atoms with Crippen LogP contribution in [0.1, 0.15) is 26.3 Å². The highest BCUT2D eigenvalue weighted by Gasteiger charge is 2.07. The third-order valence-corrected chi connectivity index (χ3v) is 3.63. The van der Waals surface area contributed by atoms with E-state index in [1.54, 1.807) is 31.3 Å². The van der Waals surface area contributed by atoms with Gasteiger partial charge in [0.15, 0.2) is 0 Å². The van der Waals surface area contributed by atoms with Crippen molar-refractivity contribution in [2.45, 2.75) is 6.54 Å². The molecule has 0 aliphatic heterocycles. The Morgan fingerprint density at radius 1 is 1.00 bits per heavy atom. The van der Waals surface area contributed by atoms with Gasteiger partial charge in [-0.05, 0) is 58.5 Å². The van der Waals surface area contributed by atoms with Crippen LogP contribution in [-0.2, 0) is 6.54 Å². The first-order chi connectivity index (χ1) is 10.1. The van der Waals surface area contributed by atoms with Gasteiger partial charge in [0.25, 0.3) is 11.8 Å². The second kappa shape index (κ2) is 7.21. The molecule has 2 N–H and O–H groups in total. The number of benzene rings is 2. The van der Waals surface area contributed by atoms with E-state index in [0.29, 0.717) is 17.7 Å². The van der Waals surface area contributed by atoms with Crippen molar-refractivity contribution in [3.8, 4) is 0 Å². The number of halogens is 1. The molecule has 0 saturated heterocycles. The van der Waals surface area contributed by atoms with Gasteiger partial charge >= 0.3 is 0 Å². The van der Waals surface area contributed by atoms with Crippen molar-refractivity contribution in [3.05, 3.63) is 68.8 Å². The van der Waals surface area contributed by atoms with Gasteiger partial charge in [0, 0.05) is 28.3 Å². The Morgan fingerprint density at radius 2 is 1.67 bits per heavy atom. The molecule has 2 rings (SSSR count). The molecule has 0 aliphatic carbocycles. The first-order valence-corrected chi connectivity index (χ1v) is 7.53. The van der Waals surface area contributed by atoms with Gasteiger partial charge in [-0.2, -0.15) is 0 Å². The Morgan fingerprint density at radius 3 is 2.33 bits per heavy atom. The quantitative estimate of drug-likeness (QED) is 0.784. The molecule has 2 amide bonds. The van der Waals surface area contributed by atoms with Crippen molar-refractivity contribution >= 4 is 34.4 Å². The summed E-state index contributed by atoms with van der Waals surface area (Å²) < 4.78 is 1.02. The summed E-state index contributed by atoms with van der Waals surface area (Å²) in [4.78, 5) is 23.6. The van der Waals surface area contributed by atoms with Crippen LogP contribution in [0, 0.1) is 3.57 Å². The molecule has 21 heavy (non-hydrogen) atoms. The fourth-order valence-corrected chi connectivity index (χ4v) is 2.42. The van der Waals surface area contributed by atoms with Gasteiger partial charge in [0.05, 0.1) is 0 Å². The summed E-state index contributed by atoms with van der Waals surface area (Å²) in [6.45, 7) is 0.384. The molecule has 0 unspecified atom stereocenters. The summed E-state index contributed by atoms with van der Waals surface area (Å²) in [6.07, 6.45) is 0. The monoisotopic (exact) mass is 394 g/mol. The summed E-state index contributed by atoms with van der Waals surface area (Å²) >= 11 is 2.17. The van der Waals surface area contributed by atoms with Gasteiger partial charge in [-0.15, -0.1) is 0 Å². The summed E-state index contributed by atoms with van der Waals surface area (Å²) in [5.41, 5.74) is 2.10. The summed E-state index contributed by atoms with van der Waals surface area (Å²) in [5, 5.41) is 5.43. The molecule has 0 aromatic heterocycles. The zero-order valence-corrected chi connectivity index (χ0v) is 13.7. The van der Waals surface area contributed by atoms with Gasteiger partial charge in [-0.1, -0.05) is 18.2 Å². The smallest absolute Gasteiger partial charge is 0.251 e. The third kappa shape index (κ3) is 4.29. The minimum atomic E-state index is -0.138. The predicted molar refractivity (Wildman–Crippen MR) is 90.2 cm³/mol. The SMILES string of the molecule is CNC(=O)c1cccc(CNC(=O)c2cccc(I)c2)c1. The van der Waals surface area contributed by atoms with Crippen molar-refractivity contribution < 1.29 is 9.59 Å². The molecule has 2 aromatic rings. The van der Waals surface area contributed by atoms with E-state index in [2.05, 4.69) is 33.2 Å². The minimum Gasteiger partial charge on any atom is -0.355 e. The van der Waals surface area contributed by atoms with Crippen LogP contribution in [0.15, 0.2) is 48.5 Å². The van der Waals surface area contributed by atoms with Crippen LogP contribution in [0.5, 0.6) is 0 Å². The maximum atomic E-state index is 12.1. The Bertz CT molecular complexity index is 671. The molecular weight excluding hydrogens is 379 g/mol. The average molecular weight is 394 g/mol. The normalized spacial score (nSPS) is 10.0. The zero-order chi connectivity index (χ0) is 15.2. The molecule has 0 fully saturated rings. The highest BCUT2D eigenvalue weighted by molar-refractivity contribution is 14.1. The number of hydrogen-bond acceptors (Lipinski definition) is 2. The second-order valence-corrected chi connectivity index (χ2v) is 5.72. The van der Waals surface area contributed by atoms with E-state index in [9.17, 15) is 9.59 Å². The highest BCUT2D eigenvalue weighted by atomic mass is 127. The molecule has 0 heterocycles. The van der Waals surface area contributed by atoms with Crippen LogP contribution in [-0.4, -0.2) is 18.9 Å². The van der Waals surface area contributed by atoms with Crippen LogP contribution < -0.4 is 10.6 Å². The van der Waals surface area contributed by atoms with E-state index < -0.39 is 0 Å². The fourth-order valence-electron chi connectivity index (χ4n) is 1.88. The van der Waals surface area contributed by atoms with Gasteiger partial charge in [0.2, 0.25) is 0 Å². The molecule has 0 atom stereocenters. The first-order valence-electron chi connectivity index (χ1n) is 6.45. The van der Waals surface area contributed by atoms with Crippen LogP contribution in [0.25, 0.3) is 0 Å². The van der Waals surface area contributed by atoms with Crippen molar-refractivity contribution in [2.75, 3.05) is 7.05 Å². The van der Waals surface area contributed by atoms with E-state index in [1.165, 1.54) is 0 Å². The summed E-state index contributed by atoms with van der Waals surface area (Å²) in [5.74, 6) is -0.264. The van der Waals surface area contributed by atoms with Gasteiger partial charge in [0.1, 0.15) is 0 Å². The van der Waals surface area contributed by atoms with E-state index in [4.69, 9.17) is 0 Å². The molecule has 2 aromatic carbocycles. The lowest BCUT2D eigenvalue weighted by Crippen LogP contribution is -2.23. The average Bonchev–Trinajstić information content (AvgIpc) is 2.52. The molecule has 4 nitrogen and oxygen atoms in total. The molecule has 108 valence electrons. The molecular formula is C16H15IN2O2. The Hall–Kier alpha value is -1.89. The second-order valence-electron chi connectivity index (χ2n) is 4.47. The van der Waals surface area contributed by atoms with Gasteiger partial charge in [-0.25, -0.2) is 0 Å². The standard InChI is InChI=1S/C16H15IN2O2/c1-18-15(20)12-5-2-4-11(8-12)10-19-16(21)13-6-3-7-14(17)9-13/h2-9H,10H2,1H3,(H,18,20)(H,19,21). The third-order valence-electron chi connectivity index (χ3n) is 2.96. The lowest BCUT2D eigenvalue weighted by Gasteiger charge is -2.07. The van der Waals surface area contributed by atoms with E-state index in [-0.39, 0.29) is 11.8 Å². The van der Waals surface area contributed by atoms with Crippen molar-refractivity contribution in [3.63, 3.8) is 0 Å². The predicted octanol–water partition coefficient (Wildman–Crippen LogP) is 2.58. The first kappa shape index (κ1) is 15.5. The number of amides is 2. The van der Waals surface area contributed by atoms with Crippen LogP contribution >= 0.6 is 22.6 Å². The van der Waals surface area contributed by atoms with E-state index in [0.717, 1.165) is 9.13 Å². The number of rotatable bonds is 4. The summed E-state index contributed by atoms with van der Waals surface area (Å²) in [7, 11) is 1.59. The molecule has 0 saturated carbocycles. The minimum absolute atomic E-state index is 0.126. The van der Waals surface area contributed by atoms with Gasteiger partial charge in [-0.3, -0.25) is 9.59 Å². The van der Waals surface area contributed by atoms with Crippen LogP contribution in [0.3, 0.4) is 0 Å². The maximum Gasteiger partial charge on any atom is 0.251 e. The van der Waals surface area contributed by atoms with Crippen molar-refractivity contribution in [2.24, 2.45) is 0 Å². The van der Waals surface area contributed by atoms with E-state index >= 15 is 0 Å². The largest absolute Gasteiger partial charge is 0.355 e. The Kier molecular flexibility index (Phi) is 5.32. The highest BCUT2D eigenvalue weighted by Crippen LogP contribution is 2.09. The molecule has 5 heteroatoms. The fraction of sp³-hybridized carbons (Fsp3) is 0.125. The maximum absolute atomic E-state index is 12.1. The topological polar surface area (TPSA) is 58.2 Å². The van der Waals surface area contributed by atoms with Crippen LogP contribution in [0.2, 0.25) is 0 Å². The Labute approximate surface area is 137 Å². The van der Waals surface area contributed by atoms with E-state index in [1.807, 2.05) is 24.3 Å². The molecule has 0 bridgehead atoms. The number of carbonyl (C=O) groups excluding carboxylic acids is 2. The summed E-state index contributed by atoms with van der Waals surface area (Å²) in [6, 6.07) is 14.6. The lowest BCUT2D eigenvalue weighted by atomic mass is 10.1. The molecule has 0 aliphatic rings. The Balaban J connectivity index is 2.03. The molecule has 0 spiro atoms. The number of carbonyl (C=O) groups is 2. The molecule has 0 radical (unpaired) electrons. The number of nitrogens with one attached hydrogen (secondary N) is 2.